The highest BCUT2D eigenvalue weighted by molar-refractivity contribution is 9.11. The number of allylic oxidation sites excluding steroid dienone is 1. The minimum absolute atomic E-state index is 0.577. The van der Waals surface area contributed by atoms with Crippen molar-refractivity contribution >= 4 is 22.0 Å². The molecule has 14 heavy (non-hydrogen) atoms. The van der Waals surface area contributed by atoms with E-state index in [4.69, 9.17) is 0 Å². The Morgan fingerprint density at radius 1 is 1.36 bits per heavy atom. The van der Waals surface area contributed by atoms with Crippen LogP contribution in [-0.4, -0.2) is 0 Å². The molecule has 0 aliphatic heterocycles. The highest BCUT2D eigenvalue weighted by atomic mass is 79.9. The maximum absolute atomic E-state index is 3.47. The van der Waals surface area contributed by atoms with Crippen molar-refractivity contribution in [3.05, 3.63) is 39.4 Å². The summed E-state index contributed by atoms with van der Waals surface area (Å²) >= 11 is 3.47. The van der Waals surface area contributed by atoms with Gasteiger partial charge in [0.2, 0.25) is 0 Å². The minimum Gasteiger partial charge on any atom is -0.0587 e. The molecule has 0 aromatic heterocycles. The van der Waals surface area contributed by atoms with Gasteiger partial charge in [-0.3, -0.25) is 0 Å². The van der Waals surface area contributed by atoms with E-state index in [2.05, 4.69) is 67.9 Å². The first-order chi connectivity index (χ1) is 6.50. The number of hydrogen-bond donors (Lipinski definition) is 0. The molecule has 1 heteroatoms. The Kier molecular flexibility index (Phi) is 3.94. The standard InChI is InChI=1S/C13H17Br/c1-9(2)13-7-10(3)5-6-12(13)8-11(4)14/h5-9H,1-4H3/b11-8+. The summed E-state index contributed by atoms with van der Waals surface area (Å²) in [7, 11) is 0. The molecule has 0 aliphatic carbocycles. The molecular formula is C13H17Br. The summed E-state index contributed by atoms with van der Waals surface area (Å²) in [5.74, 6) is 0.577. The van der Waals surface area contributed by atoms with Crippen LogP contribution in [0, 0.1) is 6.92 Å². The summed E-state index contributed by atoms with van der Waals surface area (Å²) in [4.78, 5) is 0. The van der Waals surface area contributed by atoms with Crippen LogP contribution in [0.3, 0.4) is 0 Å². The third-order valence-corrected chi connectivity index (χ3v) is 2.45. The summed E-state index contributed by atoms with van der Waals surface area (Å²) in [5, 5.41) is 0. The number of aryl methyl sites for hydroxylation is 1. The number of rotatable bonds is 2. The Balaban J connectivity index is 3.22. The summed E-state index contributed by atoms with van der Waals surface area (Å²) in [5.41, 5.74) is 4.07. The molecule has 1 aromatic rings. The van der Waals surface area contributed by atoms with Crippen LogP contribution in [0.4, 0.5) is 0 Å². The van der Waals surface area contributed by atoms with Crippen molar-refractivity contribution in [3.63, 3.8) is 0 Å². The first kappa shape index (κ1) is 11.5. The van der Waals surface area contributed by atoms with E-state index < -0.39 is 0 Å². The lowest BCUT2D eigenvalue weighted by Crippen LogP contribution is -1.92. The number of halogens is 1. The maximum Gasteiger partial charge on any atom is -0.00744 e. The first-order valence-corrected chi connectivity index (χ1v) is 5.74. The van der Waals surface area contributed by atoms with E-state index in [-0.39, 0.29) is 0 Å². The predicted octanol–water partition coefficient (Wildman–Crippen LogP) is 4.87. The quantitative estimate of drug-likeness (QED) is 0.705. The van der Waals surface area contributed by atoms with E-state index in [0.717, 1.165) is 0 Å². The van der Waals surface area contributed by atoms with Gasteiger partial charge < -0.3 is 0 Å². The normalized spacial score (nSPS) is 12.3. The Hall–Kier alpha value is -0.560. The van der Waals surface area contributed by atoms with Crippen molar-refractivity contribution in [2.75, 3.05) is 0 Å². The average molecular weight is 253 g/mol. The zero-order valence-electron chi connectivity index (χ0n) is 9.26. The van der Waals surface area contributed by atoms with Gasteiger partial charge in [-0.2, -0.15) is 0 Å². The summed E-state index contributed by atoms with van der Waals surface area (Å²) in [6.45, 7) is 8.66. The van der Waals surface area contributed by atoms with Gasteiger partial charge in [-0.15, -0.1) is 0 Å². The predicted molar refractivity (Wildman–Crippen MR) is 67.8 cm³/mol. The third-order valence-electron chi connectivity index (χ3n) is 2.22. The van der Waals surface area contributed by atoms with Crippen molar-refractivity contribution in [2.24, 2.45) is 0 Å². The van der Waals surface area contributed by atoms with Gasteiger partial charge in [0.1, 0.15) is 0 Å². The first-order valence-electron chi connectivity index (χ1n) is 4.95. The van der Waals surface area contributed by atoms with E-state index in [1.165, 1.54) is 21.2 Å². The average Bonchev–Trinajstić information content (AvgIpc) is 2.07. The van der Waals surface area contributed by atoms with E-state index in [1.807, 2.05) is 0 Å². The Labute approximate surface area is 95.2 Å². The van der Waals surface area contributed by atoms with E-state index >= 15 is 0 Å². The zero-order valence-corrected chi connectivity index (χ0v) is 10.9. The van der Waals surface area contributed by atoms with Gasteiger partial charge >= 0.3 is 0 Å². The van der Waals surface area contributed by atoms with Crippen molar-refractivity contribution in [1.29, 1.82) is 0 Å². The van der Waals surface area contributed by atoms with Crippen LogP contribution < -0.4 is 0 Å². The lowest BCUT2D eigenvalue weighted by atomic mass is 9.95. The molecule has 0 amide bonds. The summed E-state index contributed by atoms with van der Waals surface area (Å²) < 4.78 is 1.17. The van der Waals surface area contributed by atoms with Gasteiger partial charge in [0.25, 0.3) is 0 Å². The lowest BCUT2D eigenvalue weighted by molar-refractivity contribution is 0.862. The van der Waals surface area contributed by atoms with Crippen molar-refractivity contribution in [1.82, 2.24) is 0 Å². The minimum atomic E-state index is 0.577. The third kappa shape index (κ3) is 2.98. The Morgan fingerprint density at radius 2 is 2.00 bits per heavy atom. The molecular weight excluding hydrogens is 236 g/mol. The molecule has 1 aromatic carbocycles. The van der Waals surface area contributed by atoms with Crippen LogP contribution in [0.5, 0.6) is 0 Å². The van der Waals surface area contributed by atoms with Crippen LogP contribution in [0.1, 0.15) is 43.4 Å². The molecule has 1 rings (SSSR count). The summed E-state index contributed by atoms with van der Waals surface area (Å²) in [6, 6.07) is 6.62. The van der Waals surface area contributed by atoms with Crippen molar-refractivity contribution < 1.29 is 0 Å². The van der Waals surface area contributed by atoms with Gasteiger partial charge in [0.05, 0.1) is 0 Å². The molecule has 0 atom stereocenters. The summed E-state index contributed by atoms with van der Waals surface area (Å²) in [6.07, 6.45) is 2.18. The molecule has 0 spiro atoms. The van der Waals surface area contributed by atoms with Gasteiger partial charge in [0.15, 0.2) is 0 Å². The fourth-order valence-corrected chi connectivity index (χ4v) is 1.79. The smallest absolute Gasteiger partial charge is 0.00744 e. The van der Waals surface area contributed by atoms with Crippen LogP contribution in [0.25, 0.3) is 6.08 Å². The van der Waals surface area contributed by atoms with Crippen LogP contribution >= 0.6 is 15.9 Å². The molecule has 0 aliphatic rings. The highest BCUT2D eigenvalue weighted by Crippen LogP contribution is 2.24. The second-order valence-corrected chi connectivity index (χ2v) is 5.27. The molecule has 0 fully saturated rings. The molecule has 76 valence electrons. The number of benzene rings is 1. The SMILES string of the molecule is C/C(Br)=C\c1ccc(C)cc1C(C)C. The second kappa shape index (κ2) is 4.79. The van der Waals surface area contributed by atoms with Crippen LogP contribution in [-0.2, 0) is 0 Å². The zero-order chi connectivity index (χ0) is 10.7. The van der Waals surface area contributed by atoms with Gasteiger partial charge in [-0.05, 0) is 41.5 Å². The molecule has 0 N–H and O–H groups in total. The largest absolute Gasteiger partial charge is 0.0587 e. The molecule has 0 nitrogen and oxygen atoms in total. The fourth-order valence-electron chi connectivity index (χ4n) is 1.54. The molecule has 0 radical (unpaired) electrons. The van der Waals surface area contributed by atoms with E-state index in [9.17, 15) is 0 Å². The Bertz CT molecular complexity index is 344. The van der Waals surface area contributed by atoms with Crippen molar-refractivity contribution in [2.45, 2.75) is 33.6 Å². The Morgan fingerprint density at radius 3 is 2.50 bits per heavy atom. The molecule has 0 heterocycles. The van der Waals surface area contributed by atoms with E-state index in [0.29, 0.717) is 5.92 Å². The van der Waals surface area contributed by atoms with Crippen LogP contribution in [0.2, 0.25) is 0 Å². The van der Waals surface area contributed by atoms with Gasteiger partial charge in [0, 0.05) is 0 Å². The van der Waals surface area contributed by atoms with Crippen LogP contribution in [0.15, 0.2) is 22.7 Å². The van der Waals surface area contributed by atoms with Gasteiger partial charge in [-0.25, -0.2) is 0 Å². The van der Waals surface area contributed by atoms with E-state index in [1.54, 1.807) is 0 Å². The molecule has 0 saturated carbocycles. The highest BCUT2D eigenvalue weighted by Gasteiger charge is 2.04. The topological polar surface area (TPSA) is 0 Å². The fraction of sp³-hybridized carbons (Fsp3) is 0.385. The van der Waals surface area contributed by atoms with Crippen molar-refractivity contribution in [3.8, 4) is 0 Å². The monoisotopic (exact) mass is 252 g/mol. The maximum atomic E-state index is 3.47. The number of hydrogen-bond acceptors (Lipinski definition) is 0. The van der Waals surface area contributed by atoms with Gasteiger partial charge in [-0.1, -0.05) is 53.5 Å². The molecule has 0 bridgehead atoms. The second-order valence-electron chi connectivity index (χ2n) is 4.02. The molecule has 0 saturated heterocycles. The lowest BCUT2D eigenvalue weighted by Gasteiger charge is -2.11. The molecule has 0 unspecified atom stereocenters.